The summed E-state index contributed by atoms with van der Waals surface area (Å²) in [4.78, 5) is 11.8. The maximum Gasteiger partial charge on any atom is 0.417 e. The molecule has 9 heteroatoms. The number of anilines is 1. The Balaban J connectivity index is 1.69. The first kappa shape index (κ1) is 16.2. The van der Waals surface area contributed by atoms with Crippen molar-refractivity contribution in [1.82, 2.24) is 9.88 Å². The molecule has 3 rings (SSSR count). The Hall–Kier alpha value is -2.68. The first-order chi connectivity index (χ1) is 11.4. The lowest BCUT2D eigenvalue weighted by Crippen LogP contribution is -2.23. The van der Waals surface area contributed by atoms with E-state index >= 15 is 0 Å². The SMILES string of the molecule is O=C(NSc1ccccc1C(F)(F)F)Nc1noc2ccccc12. The lowest BCUT2D eigenvalue weighted by atomic mass is 10.2. The molecule has 0 unspecified atom stereocenters. The number of carbonyl (C=O) groups excluding carboxylic acids is 1. The van der Waals surface area contributed by atoms with Gasteiger partial charge in [0, 0.05) is 4.90 Å². The molecule has 0 aliphatic rings. The van der Waals surface area contributed by atoms with Gasteiger partial charge in [0.05, 0.1) is 10.9 Å². The number of amides is 2. The van der Waals surface area contributed by atoms with Gasteiger partial charge in [-0.15, -0.1) is 0 Å². The van der Waals surface area contributed by atoms with E-state index in [9.17, 15) is 18.0 Å². The van der Waals surface area contributed by atoms with Crippen molar-refractivity contribution in [2.24, 2.45) is 0 Å². The minimum Gasteiger partial charge on any atom is -0.354 e. The average molecular weight is 353 g/mol. The summed E-state index contributed by atoms with van der Waals surface area (Å²) in [5, 5.41) is 6.74. The van der Waals surface area contributed by atoms with Crippen LogP contribution in [0.4, 0.5) is 23.8 Å². The molecule has 0 aliphatic heterocycles. The second-order valence-electron chi connectivity index (χ2n) is 4.68. The van der Waals surface area contributed by atoms with Crippen molar-refractivity contribution in [3.63, 3.8) is 0 Å². The summed E-state index contributed by atoms with van der Waals surface area (Å²) in [6, 6.07) is 11.1. The zero-order valence-electron chi connectivity index (χ0n) is 11.9. The van der Waals surface area contributed by atoms with Crippen LogP contribution in [0.1, 0.15) is 5.56 Å². The van der Waals surface area contributed by atoms with Crippen LogP contribution in [0.25, 0.3) is 11.0 Å². The van der Waals surface area contributed by atoms with E-state index in [1.54, 1.807) is 24.3 Å². The van der Waals surface area contributed by atoms with Gasteiger partial charge in [-0.2, -0.15) is 13.2 Å². The number of nitrogens with zero attached hydrogens (tertiary/aromatic N) is 1. The molecular formula is C15H10F3N3O2S. The number of carbonyl (C=O) groups is 1. The zero-order valence-corrected chi connectivity index (χ0v) is 12.7. The van der Waals surface area contributed by atoms with Crippen LogP contribution in [0.2, 0.25) is 0 Å². The molecule has 2 N–H and O–H groups in total. The van der Waals surface area contributed by atoms with E-state index in [0.717, 1.165) is 6.07 Å². The van der Waals surface area contributed by atoms with Crippen molar-refractivity contribution in [3.8, 4) is 0 Å². The average Bonchev–Trinajstić information content (AvgIpc) is 2.95. The minimum absolute atomic E-state index is 0.106. The van der Waals surface area contributed by atoms with Gasteiger partial charge < -0.3 is 4.52 Å². The Bertz CT molecular complexity index is 880. The van der Waals surface area contributed by atoms with Crippen molar-refractivity contribution < 1.29 is 22.5 Å². The maximum absolute atomic E-state index is 12.9. The largest absolute Gasteiger partial charge is 0.417 e. The number of aromatic nitrogens is 1. The first-order valence-electron chi connectivity index (χ1n) is 6.69. The number of benzene rings is 2. The van der Waals surface area contributed by atoms with Crippen LogP contribution in [0.15, 0.2) is 57.9 Å². The number of alkyl halides is 3. The van der Waals surface area contributed by atoms with Crippen LogP contribution >= 0.6 is 11.9 Å². The highest BCUT2D eigenvalue weighted by atomic mass is 32.2. The Labute approximate surface area is 138 Å². The summed E-state index contributed by atoms with van der Waals surface area (Å²) in [7, 11) is 0. The fourth-order valence-electron chi connectivity index (χ4n) is 2.00. The minimum atomic E-state index is -4.50. The predicted octanol–water partition coefficient (Wildman–Crippen LogP) is 4.68. The predicted molar refractivity (Wildman–Crippen MR) is 83.5 cm³/mol. The summed E-state index contributed by atoms with van der Waals surface area (Å²) >= 11 is 0.569. The van der Waals surface area contributed by atoms with Crippen molar-refractivity contribution in [3.05, 3.63) is 54.1 Å². The first-order valence-corrected chi connectivity index (χ1v) is 7.51. The third-order valence-electron chi connectivity index (χ3n) is 3.06. The third kappa shape index (κ3) is 3.46. The second-order valence-corrected chi connectivity index (χ2v) is 5.53. The molecule has 5 nitrogen and oxygen atoms in total. The highest BCUT2D eigenvalue weighted by Gasteiger charge is 2.33. The molecule has 0 atom stereocenters. The van der Waals surface area contributed by atoms with E-state index in [4.69, 9.17) is 4.52 Å². The van der Waals surface area contributed by atoms with Crippen molar-refractivity contribution in [2.45, 2.75) is 11.1 Å². The topological polar surface area (TPSA) is 67.2 Å². The van der Waals surface area contributed by atoms with Gasteiger partial charge in [-0.25, -0.2) is 4.79 Å². The van der Waals surface area contributed by atoms with Gasteiger partial charge in [0.2, 0.25) is 0 Å². The molecule has 0 spiro atoms. The van der Waals surface area contributed by atoms with Gasteiger partial charge in [0.1, 0.15) is 0 Å². The quantitative estimate of drug-likeness (QED) is 0.671. The molecule has 3 aromatic rings. The van der Waals surface area contributed by atoms with Crippen molar-refractivity contribution >= 4 is 34.8 Å². The Kier molecular flexibility index (Phi) is 4.34. The van der Waals surface area contributed by atoms with Crippen LogP contribution in [-0.2, 0) is 6.18 Å². The summed E-state index contributed by atoms with van der Waals surface area (Å²) in [6.45, 7) is 0. The number of halogens is 3. The standard InChI is InChI=1S/C15H10F3N3O2S/c16-15(17,18)10-6-2-4-8-12(10)24-21-14(22)19-13-9-5-1-3-7-11(9)23-20-13/h1-8H,(H2,19,20,21,22). The Morgan fingerprint density at radius 2 is 1.79 bits per heavy atom. The van der Waals surface area contributed by atoms with Crippen LogP contribution in [0, 0.1) is 0 Å². The van der Waals surface area contributed by atoms with Crippen LogP contribution in [0.3, 0.4) is 0 Å². The van der Waals surface area contributed by atoms with Gasteiger partial charge >= 0.3 is 12.2 Å². The number of rotatable bonds is 3. The molecule has 0 fully saturated rings. The second kappa shape index (κ2) is 6.44. The normalized spacial score (nSPS) is 11.5. The number of hydrogen-bond donors (Lipinski definition) is 2. The molecule has 1 heterocycles. The van der Waals surface area contributed by atoms with Crippen LogP contribution in [-0.4, -0.2) is 11.2 Å². The number of hydrogen-bond acceptors (Lipinski definition) is 4. The third-order valence-corrected chi connectivity index (χ3v) is 3.92. The lowest BCUT2D eigenvalue weighted by Gasteiger charge is -2.12. The molecule has 0 saturated heterocycles. The molecule has 2 amide bonds. The maximum atomic E-state index is 12.9. The van der Waals surface area contributed by atoms with E-state index in [1.165, 1.54) is 18.2 Å². The zero-order chi connectivity index (χ0) is 17.2. The molecular weight excluding hydrogens is 343 g/mol. The summed E-state index contributed by atoms with van der Waals surface area (Å²) < 4.78 is 46.0. The summed E-state index contributed by atoms with van der Waals surface area (Å²) in [5.74, 6) is 0.188. The van der Waals surface area contributed by atoms with E-state index in [1.807, 2.05) is 0 Å². The number of nitrogens with one attached hydrogen (secondary N) is 2. The Morgan fingerprint density at radius 3 is 2.58 bits per heavy atom. The van der Waals surface area contributed by atoms with Crippen molar-refractivity contribution in [1.29, 1.82) is 0 Å². The van der Waals surface area contributed by atoms with Gasteiger partial charge in [-0.3, -0.25) is 10.0 Å². The van der Waals surface area contributed by atoms with Gasteiger partial charge in [-0.1, -0.05) is 29.4 Å². The molecule has 124 valence electrons. The van der Waals surface area contributed by atoms with Gasteiger partial charge in [-0.05, 0) is 36.2 Å². The van der Waals surface area contributed by atoms with E-state index in [2.05, 4.69) is 15.2 Å². The highest BCUT2D eigenvalue weighted by molar-refractivity contribution is 7.98. The van der Waals surface area contributed by atoms with E-state index in [-0.39, 0.29) is 10.7 Å². The molecule has 0 bridgehead atoms. The number of para-hydroxylation sites is 1. The lowest BCUT2D eigenvalue weighted by molar-refractivity contribution is -0.139. The molecule has 0 aliphatic carbocycles. The summed E-state index contributed by atoms with van der Waals surface area (Å²) in [6.07, 6.45) is -4.50. The fraction of sp³-hybridized carbons (Fsp3) is 0.0667. The molecule has 2 aromatic carbocycles. The monoisotopic (exact) mass is 353 g/mol. The van der Waals surface area contributed by atoms with Crippen molar-refractivity contribution in [2.75, 3.05) is 5.32 Å². The van der Waals surface area contributed by atoms with Gasteiger partial charge in [0.15, 0.2) is 11.4 Å². The van der Waals surface area contributed by atoms with E-state index in [0.29, 0.717) is 22.9 Å². The van der Waals surface area contributed by atoms with Gasteiger partial charge in [0.25, 0.3) is 0 Å². The van der Waals surface area contributed by atoms with Crippen LogP contribution < -0.4 is 10.0 Å². The van der Waals surface area contributed by atoms with Crippen LogP contribution in [0.5, 0.6) is 0 Å². The molecule has 0 saturated carbocycles. The Morgan fingerprint density at radius 1 is 1.08 bits per heavy atom. The molecule has 1 aromatic heterocycles. The summed E-state index contributed by atoms with van der Waals surface area (Å²) in [5.41, 5.74) is -0.329. The fourth-order valence-corrected chi connectivity index (χ4v) is 2.69. The molecule has 24 heavy (non-hydrogen) atoms. The number of fused-ring (bicyclic) bond motifs is 1. The smallest absolute Gasteiger partial charge is 0.354 e. The number of urea groups is 1. The highest BCUT2D eigenvalue weighted by Crippen LogP contribution is 2.35. The van der Waals surface area contributed by atoms with E-state index < -0.39 is 17.8 Å². The molecule has 0 radical (unpaired) electrons.